The summed E-state index contributed by atoms with van der Waals surface area (Å²) in [6.45, 7) is 18.0. The van der Waals surface area contributed by atoms with Crippen LogP contribution in [0.1, 0.15) is 110 Å². The molecule has 3 aliphatic heterocycles. The number of ether oxygens (including phenoxy) is 2. The number of methoxy groups -OCH3 is 1. The van der Waals surface area contributed by atoms with Crippen LogP contribution in [-0.2, 0) is 14.3 Å². The number of nitrogens with one attached hydrogen (secondary N) is 3. The highest BCUT2D eigenvalue weighted by molar-refractivity contribution is 8.01. The SMILES string of the molecule is COc1cc(C)c(Sc2cnc(NC(=O)c3ccc(N4CCN(C5CCCC(N[C@H](C(=O)N6C[C@H](O)C[C@H]6C(=O)N[C@@H](C)c6ccc(-c7scnc7C)cc6)C(C)(C)C)CC5)CC4)cc3)s2)cc1C(=O)N1CCOCC1. The summed E-state index contributed by atoms with van der Waals surface area (Å²) in [5.74, 6) is -0.154. The molecule has 19 heteroatoms. The number of rotatable bonds is 15. The molecule has 3 aromatic carbocycles. The molecule has 2 unspecified atom stereocenters. The van der Waals surface area contributed by atoms with Gasteiger partial charge in [0.05, 0.1) is 70.6 Å². The monoisotopic (exact) mass is 1090 g/mol. The predicted molar refractivity (Wildman–Crippen MR) is 301 cm³/mol. The van der Waals surface area contributed by atoms with Crippen LogP contribution in [0.2, 0.25) is 0 Å². The molecule has 4 aliphatic rings. The Hall–Kier alpha value is -5.41. The number of likely N-dealkylation sites (tertiary alicyclic amines) is 1. The lowest BCUT2D eigenvalue weighted by atomic mass is 9.84. The van der Waals surface area contributed by atoms with Gasteiger partial charge in [0.2, 0.25) is 11.8 Å². The van der Waals surface area contributed by atoms with E-state index in [1.54, 1.807) is 34.4 Å². The number of β-amino-alcohol motifs (C(OH)–C–C–N with tert-alkyl or cyclic N) is 1. The van der Waals surface area contributed by atoms with Crippen molar-refractivity contribution in [3.05, 3.63) is 100 Å². The summed E-state index contributed by atoms with van der Waals surface area (Å²) < 4.78 is 11.9. The molecule has 0 spiro atoms. The number of morpholine rings is 1. The molecule has 4 N–H and O–H groups in total. The lowest BCUT2D eigenvalue weighted by molar-refractivity contribution is -0.142. The molecule has 1 saturated carbocycles. The standard InChI is InChI=1S/C57H73N9O7S3/c1-35-29-47(72-7)45(54(70)65-25-27-73-28-26-65)31-48(35)75-49-32-58-56(76-49)62-52(68)40-15-18-43(19-16-40)64-23-21-63(22-24-64)42-10-8-9-41(17-20-42)61-51(57(4,5)6)55(71)66-33-44(67)30-46(66)53(69)60-36(2)38-11-13-39(14-12-38)50-37(3)59-34-74-50/h11-16,18-19,29,31-32,34,36,41-42,44,46,51,61,67H,8-10,17,20-28,30,33H2,1-7H3,(H,60,69)(H,58,62,68)/t36-,41?,42?,44+,46-,51+/m0/s1. The van der Waals surface area contributed by atoms with Gasteiger partial charge in [0.25, 0.3) is 11.8 Å². The molecule has 4 fully saturated rings. The van der Waals surface area contributed by atoms with E-state index in [1.807, 2.05) is 74.8 Å². The normalized spacial score (nSPS) is 21.4. The number of hydrogen-bond donors (Lipinski definition) is 4. The Morgan fingerprint density at radius 2 is 1.64 bits per heavy atom. The first-order chi connectivity index (χ1) is 36.5. The number of hydrogen-bond acceptors (Lipinski definition) is 15. The van der Waals surface area contributed by atoms with Crippen LogP contribution in [0, 0.1) is 19.3 Å². The quantitative estimate of drug-likeness (QED) is 0.0735. The average molecular weight is 1090 g/mol. The Morgan fingerprint density at radius 3 is 2.33 bits per heavy atom. The first-order valence-electron chi connectivity index (χ1n) is 26.7. The maximum absolute atomic E-state index is 14.6. The molecule has 9 rings (SSSR count). The van der Waals surface area contributed by atoms with Gasteiger partial charge in [-0.25, -0.2) is 9.97 Å². The molecule has 406 valence electrons. The van der Waals surface area contributed by atoms with Gasteiger partial charge in [0.15, 0.2) is 5.13 Å². The van der Waals surface area contributed by atoms with Crippen molar-refractivity contribution in [3.8, 4) is 16.2 Å². The average Bonchev–Trinajstić information content (AvgIpc) is 4.14. The van der Waals surface area contributed by atoms with Crippen molar-refractivity contribution in [3.63, 3.8) is 0 Å². The van der Waals surface area contributed by atoms with E-state index in [9.17, 15) is 24.3 Å². The van der Waals surface area contributed by atoms with E-state index in [4.69, 9.17) is 9.47 Å². The molecular weight excluding hydrogens is 1020 g/mol. The van der Waals surface area contributed by atoms with Gasteiger partial charge in [-0.3, -0.25) is 29.4 Å². The number of anilines is 2. The smallest absolute Gasteiger partial charge is 0.257 e. The third-order valence-corrected chi connectivity index (χ3v) is 18.5. The lowest BCUT2D eigenvalue weighted by Crippen LogP contribution is -2.58. The summed E-state index contributed by atoms with van der Waals surface area (Å²) in [5, 5.41) is 21.3. The third-order valence-electron chi connectivity index (χ3n) is 15.4. The van der Waals surface area contributed by atoms with Gasteiger partial charge >= 0.3 is 0 Å². The highest BCUT2D eigenvalue weighted by atomic mass is 32.2. The highest BCUT2D eigenvalue weighted by Gasteiger charge is 2.45. The molecule has 4 amide bonds. The first kappa shape index (κ1) is 55.3. The lowest BCUT2D eigenvalue weighted by Gasteiger charge is -2.40. The van der Waals surface area contributed by atoms with Crippen molar-refractivity contribution in [2.45, 2.75) is 125 Å². The van der Waals surface area contributed by atoms with E-state index < -0.39 is 23.6 Å². The molecular formula is C57H73N9O7S3. The molecule has 76 heavy (non-hydrogen) atoms. The van der Waals surface area contributed by atoms with Crippen LogP contribution in [0.4, 0.5) is 10.8 Å². The van der Waals surface area contributed by atoms with Gasteiger partial charge in [0.1, 0.15) is 11.8 Å². The molecule has 2 aromatic heterocycles. The molecule has 1 aliphatic carbocycles. The van der Waals surface area contributed by atoms with E-state index >= 15 is 0 Å². The fourth-order valence-electron chi connectivity index (χ4n) is 11.0. The van der Waals surface area contributed by atoms with Gasteiger partial charge in [-0.15, -0.1) is 11.3 Å². The Balaban J connectivity index is 0.737. The summed E-state index contributed by atoms with van der Waals surface area (Å²) in [4.78, 5) is 74.7. The number of piperazine rings is 1. The molecule has 6 atom stereocenters. The van der Waals surface area contributed by atoms with Crippen molar-refractivity contribution in [2.24, 2.45) is 5.41 Å². The predicted octanol–water partition coefficient (Wildman–Crippen LogP) is 8.43. The van der Waals surface area contributed by atoms with Gasteiger partial charge in [-0.2, -0.15) is 0 Å². The number of aromatic nitrogens is 2. The van der Waals surface area contributed by atoms with Crippen LogP contribution in [0.15, 0.2) is 81.5 Å². The van der Waals surface area contributed by atoms with Crippen LogP contribution in [0.3, 0.4) is 0 Å². The molecule has 16 nitrogen and oxygen atoms in total. The zero-order chi connectivity index (χ0) is 53.7. The van der Waals surface area contributed by atoms with Crippen molar-refractivity contribution in [2.75, 3.05) is 76.4 Å². The van der Waals surface area contributed by atoms with Crippen molar-refractivity contribution < 1.29 is 33.8 Å². The minimum atomic E-state index is -0.772. The number of nitrogens with zero attached hydrogens (tertiary/aromatic N) is 6. The minimum absolute atomic E-state index is 0.0818. The van der Waals surface area contributed by atoms with Crippen molar-refractivity contribution in [1.29, 1.82) is 0 Å². The second-order valence-electron chi connectivity index (χ2n) is 21.7. The third kappa shape index (κ3) is 13.1. The molecule has 3 saturated heterocycles. The number of thiazole rings is 2. The van der Waals surface area contributed by atoms with Crippen molar-refractivity contribution in [1.82, 2.24) is 35.3 Å². The Kier molecular flexibility index (Phi) is 17.8. The number of carbonyl (C=O) groups is 4. The van der Waals surface area contributed by atoms with Crippen LogP contribution in [-0.4, -0.2) is 150 Å². The van der Waals surface area contributed by atoms with E-state index in [2.05, 4.69) is 68.6 Å². The molecule has 0 bridgehead atoms. The van der Waals surface area contributed by atoms with Crippen molar-refractivity contribution >= 4 is 68.9 Å². The number of aryl methyl sites for hydroxylation is 2. The summed E-state index contributed by atoms with van der Waals surface area (Å²) in [7, 11) is 1.58. The number of aliphatic hydroxyl groups excluding tert-OH is 1. The highest BCUT2D eigenvalue weighted by Crippen LogP contribution is 2.39. The summed E-state index contributed by atoms with van der Waals surface area (Å²) >= 11 is 4.49. The fraction of sp³-hybridized carbons (Fsp3) is 0.509. The number of aliphatic hydroxyl groups is 1. The molecule has 0 radical (unpaired) electrons. The molecule has 5 heterocycles. The number of carbonyl (C=O) groups excluding carboxylic acids is 4. The van der Waals surface area contributed by atoms with Gasteiger partial charge in [0, 0.05) is 80.5 Å². The van der Waals surface area contributed by atoms with E-state index in [-0.39, 0.29) is 48.7 Å². The van der Waals surface area contributed by atoms with Gasteiger partial charge in [-0.05, 0) is 105 Å². The van der Waals surface area contributed by atoms with E-state index in [0.29, 0.717) is 54.4 Å². The zero-order valence-electron chi connectivity index (χ0n) is 44.8. The zero-order valence-corrected chi connectivity index (χ0v) is 47.3. The minimum Gasteiger partial charge on any atom is -0.496 e. The van der Waals surface area contributed by atoms with Crippen LogP contribution in [0.5, 0.6) is 5.75 Å². The number of amides is 4. The Bertz CT molecular complexity index is 2820. The largest absolute Gasteiger partial charge is 0.496 e. The van der Waals surface area contributed by atoms with Crippen LogP contribution < -0.4 is 25.6 Å². The maximum atomic E-state index is 14.6. The second kappa shape index (κ2) is 24.5. The van der Waals surface area contributed by atoms with Gasteiger partial charge < -0.3 is 39.9 Å². The van der Waals surface area contributed by atoms with E-state index in [1.165, 1.54) is 23.1 Å². The Morgan fingerprint density at radius 1 is 0.908 bits per heavy atom. The fourth-order valence-corrected chi connectivity index (χ4v) is 13.7. The van der Waals surface area contributed by atoms with Crippen LogP contribution >= 0.6 is 34.4 Å². The summed E-state index contributed by atoms with van der Waals surface area (Å²) in [6.07, 6.45) is 6.27. The first-order valence-corrected chi connectivity index (χ1v) is 29.2. The van der Waals surface area contributed by atoms with Crippen LogP contribution in [0.25, 0.3) is 10.4 Å². The summed E-state index contributed by atoms with van der Waals surface area (Å²) in [6, 6.07) is 18.8. The maximum Gasteiger partial charge on any atom is 0.257 e. The Labute approximate surface area is 459 Å². The topological polar surface area (TPSA) is 182 Å². The second-order valence-corrected chi connectivity index (χ2v) is 24.9. The van der Waals surface area contributed by atoms with E-state index in [0.717, 1.165) is 100 Å². The summed E-state index contributed by atoms with van der Waals surface area (Å²) in [5.41, 5.74) is 7.58. The van der Waals surface area contributed by atoms with Gasteiger partial charge in [-0.1, -0.05) is 74.6 Å². The molecule has 5 aromatic rings. The number of benzene rings is 3.